The highest BCUT2D eigenvalue weighted by Crippen LogP contribution is 2.30. The molecule has 226 valence electrons. The second-order valence-electron chi connectivity index (χ2n) is 10.4. The van der Waals surface area contributed by atoms with Gasteiger partial charge in [-0.1, -0.05) is 6.07 Å². The molecule has 0 unspecified atom stereocenters. The molecule has 3 amide bonds. The number of ether oxygens (including phenoxy) is 4. The Morgan fingerprint density at radius 1 is 1.00 bits per heavy atom. The van der Waals surface area contributed by atoms with E-state index in [0.717, 1.165) is 11.1 Å². The van der Waals surface area contributed by atoms with Crippen molar-refractivity contribution in [1.82, 2.24) is 25.5 Å². The van der Waals surface area contributed by atoms with Gasteiger partial charge in [-0.2, -0.15) is 0 Å². The van der Waals surface area contributed by atoms with Crippen molar-refractivity contribution < 1.29 is 33.3 Å². The molecule has 3 aromatic rings. The number of hydrogen-bond acceptors (Lipinski definition) is 9. The van der Waals surface area contributed by atoms with E-state index in [4.69, 9.17) is 18.9 Å². The fourth-order valence-electron chi connectivity index (χ4n) is 5.12. The lowest BCUT2D eigenvalue weighted by molar-refractivity contribution is -0.125. The minimum Gasteiger partial charge on any atom is -0.496 e. The average Bonchev–Trinajstić information content (AvgIpc) is 3.02. The molecule has 12 nitrogen and oxygen atoms in total. The summed E-state index contributed by atoms with van der Waals surface area (Å²) in [6.07, 6.45) is 3.76. The fourth-order valence-corrected chi connectivity index (χ4v) is 5.12. The first kappa shape index (κ1) is 29.6. The van der Waals surface area contributed by atoms with Crippen LogP contribution < -0.4 is 29.6 Å². The maximum atomic E-state index is 13.3. The van der Waals surface area contributed by atoms with E-state index in [2.05, 4.69) is 20.6 Å². The molecule has 1 saturated heterocycles. The van der Waals surface area contributed by atoms with Gasteiger partial charge in [0.15, 0.2) is 18.1 Å². The van der Waals surface area contributed by atoms with E-state index in [0.29, 0.717) is 60.3 Å². The molecule has 2 aromatic carbocycles. The van der Waals surface area contributed by atoms with E-state index in [1.165, 1.54) is 19.5 Å². The van der Waals surface area contributed by atoms with Crippen LogP contribution in [-0.4, -0.2) is 78.7 Å². The predicted molar refractivity (Wildman–Crippen MR) is 155 cm³/mol. The highest BCUT2D eigenvalue weighted by atomic mass is 16.5. The molecule has 6 rings (SSSR count). The fraction of sp³-hybridized carbons (Fsp3) is 0.387. The third-order valence-electron chi connectivity index (χ3n) is 7.46. The Hall–Kier alpha value is -4.87. The number of amides is 3. The number of rotatable bonds is 3. The number of carbonyl (C=O) groups is 3. The molecule has 2 N–H and O–H groups in total. The molecule has 0 spiro atoms. The van der Waals surface area contributed by atoms with Crippen LogP contribution >= 0.6 is 0 Å². The Kier molecular flexibility index (Phi) is 9.23. The maximum Gasteiger partial charge on any atom is 0.258 e. The second-order valence-corrected chi connectivity index (χ2v) is 10.4. The van der Waals surface area contributed by atoms with Gasteiger partial charge in [0.05, 0.1) is 25.8 Å². The lowest BCUT2D eigenvalue weighted by Gasteiger charge is -2.38. The van der Waals surface area contributed by atoms with Crippen molar-refractivity contribution in [2.45, 2.75) is 44.9 Å². The highest BCUT2D eigenvalue weighted by molar-refractivity contribution is 5.93. The summed E-state index contributed by atoms with van der Waals surface area (Å²) in [6, 6.07) is 10.2. The summed E-state index contributed by atoms with van der Waals surface area (Å²) in [4.78, 5) is 49.0. The molecule has 0 aliphatic carbocycles. The van der Waals surface area contributed by atoms with Gasteiger partial charge < -0.3 is 34.5 Å². The molecule has 4 bridgehead atoms. The van der Waals surface area contributed by atoms with Gasteiger partial charge in [-0.3, -0.25) is 14.4 Å². The number of nitrogens with zero attached hydrogens (tertiary/aromatic N) is 3. The second kappa shape index (κ2) is 13.4. The van der Waals surface area contributed by atoms with Crippen molar-refractivity contribution in [2.75, 3.05) is 33.9 Å². The van der Waals surface area contributed by atoms with Crippen LogP contribution in [0, 0.1) is 6.92 Å². The first-order valence-corrected chi connectivity index (χ1v) is 14.1. The molecule has 3 aliphatic heterocycles. The van der Waals surface area contributed by atoms with Crippen molar-refractivity contribution in [3.63, 3.8) is 0 Å². The van der Waals surface area contributed by atoms with Crippen LogP contribution in [0.3, 0.4) is 0 Å². The van der Waals surface area contributed by atoms with Gasteiger partial charge in [-0.15, -0.1) is 0 Å². The minimum atomic E-state index is -0.541. The summed E-state index contributed by atoms with van der Waals surface area (Å²) in [6.45, 7) is 2.38. The molecule has 3 aliphatic rings. The van der Waals surface area contributed by atoms with Gasteiger partial charge in [0.25, 0.3) is 11.8 Å². The van der Waals surface area contributed by atoms with Crippen LogP contribution in [0.25, 0.3) is 0 Å². The largest absolute Gasteiger partial charge is 0.496 e. The van der Waals surface area contributed by atoms with Gasteiger partial charge >= 0.3 is 0 Å². The molecular formula is C31H35N5O7. The zero-order valence-corrected chi connectivity index (χ0v) is 24.4. The number of carbonyl (C=O) groups excluding carboxylic acids is 3. The Balaban J connectivity index is 1.42. The quantitative estimate of drug-likeness (QED) is 0.470. The number of methoxy groups -OCH3 is 2. The van der Waals surface area contributed by atoms with E-state index >= 15 is 0 Å². The Labute approximate surface area is 249 Å². The Morgan fingerprint density at radius 2 is 1.79 bits per heavy atom. The van der Waals surface area contributed by atoms with Crippen LogP contribution in [-0.2, 0) is 22.6 Å². The molecule has 1 aromatic heterocycles. The molecule has 2 atom stereocenters. The number of nitrogens with one attached hydrogen (secondary N) is 2. The zero-order valence-electron chi connectivity index (χ0n) is 24.4. The zero-order chi connectivity index (χ0) is 30.3. The number of benzene rings is 2. The number of piperidine rings is 1. The van der Waals surface area contributed by atoms with Gasteiger partial charge in [0.2, 0.25) is 5.91 Å². The van der Waals surface area contributed by atoms with Crippen LogP contribution in [0.5, 0.6) is 23.0 Å². The normalized spacial score (nSPS) is 19.3. The topological polar surface area (TPSA) is 141 Å². The van der Waals surface area contributed by atoms with E-state index in [-0.39, 0.29) is 37.3 Å². The number of fused-ring (bicyclic) bond motifs is 9. The number of likely N-dealkylation sites (tertiary alicyclic amines) is 1. The van der Waals surface area contributed by atoms with Gasteiger partial charge in [-0.05, 0) is 43.2 Å². The summed E-state index contributed by atoms with van der Waals surface area (Å²) in [5, 5.41) is 5.95. The van der Waals surface area contributed by atoms with Crippen molar-refractivity contribution in [2.24, 2.45) is 0 Å². The summed E-state index contributed by atoms with van der Waals surface area (Å²) >= 11 is 0. The SMILES string of the molecule is COc1cc2ccc1CNC(=O)CCc1ccc(OC)c(c1)OCC(=O)N[C@@H]1CN(C(=O)c3cnc(C)nc3)CC[C@@H]1O2. The van der Waals surface area contributed by atoms with E-state index in [1.807, 2.05) is 12.1 Å². The first-order chi connectivity index (χ1) is 20.8. The summed E-state index contributed by atoms with van der Waals surface area (Å²) in [5.41, 5.74) is 2.03. The third kappa shape index (κ3) is 7.32. The average molecular weight is 590 g/mol. The van der Waals surface area contributed by atoms with Gasteiger partial charge in [-0.25, -0.2) is 9.97 Å². The van der Waals surface area contributed by atoms with Crippen molar-refractivity contribution in [3.05, 3.63) is 71.3 Å². The Bertz CT molecular complexity index is 1480. The first-order valence-electron chi connectivity index (χ1n) is 14.1. The maximum absolute atomic E-state index is 13.3. The van der Waals surface area contributed by atoms with Crippen LogP contribution in [0.15, 0.2) is 48.8 Å². The summed E-state index contributed by atoms with van der Waals surface area (Å²) in [5.74, 6) is 1.81. The molecule has 4 heterocycles. The summed E-state index contributed by atoms with van der Waals surface area (Å²) in [7, 11) is 3.08. The number of aromatic nitrogens is 2. The van der Waals surface area contributed by atoms with Gasteiger partial charge in [0, 0.05) is 56.5 Å². The molecule has 1 fully saturated rings. The number of hydrogen-bond donors (Lipinski definition) is 2. The lowest BCUT2D eigenvalue weighted by Crippen LogP contribution is -2.58. The molecule has 0 saturated carbocycles. The molecular weight excluding hydrogens is 554 g/mol. The number of aryl methyl sites for hydroxylation is 2. The van der Waals surface area contributed by atoms with Crippen LogP contribution in [0.2, 0.25) is 0 Å². The third-order valence-corrected chi connectivity index (χ3v) is 7.46. The van der Waals surface area contributed by atoms with Crippen LogP contribution in [0.4, 0.5) is 0 Å². The molecule has 12 heteroatoms. The highest BCUT2D eigenvalue weighted by Gasteiger charge is 2.35. The Morgan fingerprint density at radius 3 is 2.56 bits per heavy atom. The molecule has 43 heavy (non-hydrogen) atoms. The minimum absolute atomic E-state index is 0.112. The van der Waals surface area contributed by atoms with E-state index in [1.54, 1.807) is 43.2 Å². The monoisotopic (exact) mass is 589 g/mol. The van der Waals surface area contributed by atoms with Crippen molar-refractivity contribution in [3.8, 4) is 23.0 Å². The van der Waals surface area contributed by atoms with Crippen molar-refractivity contribution >= 4 is 17.7 Å². The summed E-state index contributed by atoms with van der Waals surface area (Å²) < 4.78 is 23.2. The smallest absolute Gasteiger partial charge is 0.258 e. The van der Waals surface area contributed by atoms with Crippen LogP contribution in [0.1, 0.15) is 40.2 Å². The lowest BCUT2D eigenvalue weighted by atomic mass is 10.0. The predicted octanol–water partition coefficient (Wildman–Crippen LogP) is 2.22. The van der Waals surface area contributed by atoms with E-state index < -0.39 is 12.1 Å². The standard InChI is InChI=1S/C31H35N5O7/c1-19-32-15-22(16-33-19)31(39)36-11-10-25-24(17-36)35-30(38)18-42-28-12-20(4-8-26(28)40-2)5-9-29(37)34-14-21-6-7-23(43-25)13-27(21)41-3/h4,6-8,12-13,15-16,24-25H,5,9-11,14,17-18H2,1-3H3,(H,34,37)(H,35,38)/t24-,25+/m1/s1. The van der Waals surface area contributed by atoms with Gasteiger partial charge in [0.1, 0.15) is 23.4 Å². The van der Waals surface area contributed by atoms with E-state index in [9.17, 15) is 14.4 Å². The molecule has 0 radical (unpaired) electrons. The van der Waals surface area contributed by atoms with Crippen molar-refractivity contribution in [1.29, 1.82) is 0 Å².